The maximum atomic E-state index is 2.29. The van der Waals surface area contributed by atoms with E-state index in [1.54, 1.807) is 0 Å². The Morgan fingerprint density at radius 3 is 2.00 bits per heavy atom. The summed E-state index contributed by atoms with van der Waals surface area (Å²) in [6.45, 7) is 8.69. The summed E-state index contributed by atoms with van der Waals surface area (Å²) in [5, 5.41) is 2.75. The molecule has 0 saturated heterocycles. The van der Waals surface area contributed by atoms with Gasteiger partial charge in [0.25, 0.3) is 0 Å². The number of benzene rings is 2. The summed E-state index contributed by atoms with van der Waals surface area (Å²) in [4.78, 5) is 0. The third-order valence-corrected chi connectivity index (χ3v) is 2.92. The Bertz CT molecular complexity index is 493. The van der Waals surface area contributed by atoms with Crippen molar-refractivity contribution in [3.8, 4) is 0 Å². The van der Waals surface area contributed by atoms with Crippen molar-refractivity contribution >= 4 is 10.8 Å². The van der Waals surface area contributed by atoms with Gasteiger partial charge in [0.1, 0.15) is 0 Å². The van der Waals surface area contributed by atoms with Crippen LogP contribution >= 0.6 is 0 Å². The Balaban J connectivity index is 2.89. The molecule has 0 aliphatic carbocycles. The minimum atomic E-state index is 1.35. The maximum absolute atomic E-state index is 2.29. The molecule has 0 nitrogen and oxygen atoms in total. The summed E-state index contributed by atoms with van der Waals surface area (Å²) < 4.78 is 0. The Kier molecular flexibility index (Phi) is 2.07. The van der Waals surface area contributed by atoms with Crippen molar-refractivity contribution in [2.45, 2.75) is 27.7 Å². The highest BCUT2D eigenvalue weighted by atomic mass is 14.1. The molecular weight excluding hydrogens is 168 g/mol. The molecule has 2 aromatic rings. The normalized spacial score (nSPS) is 10.9. The fraction of sp³-hybridized carbons (Fsp3) is 0.286. The van der Waals surface area contributed by atoms with Crippen molar-refractivity contribution in [1.29, 1.82) is 0 Å². The average Bonchev–Trinajstić information content (AvgIpc) is 2.08. The first-order valence-electron chi connectivity index (χ1n) is 5.06. The highest BCUT2D eigenvalue weighted by Gasteiger charge is 2.01. The van der Waals surface area contributed by atoms with E-state index in [2.05, 4.69) is 52.0 Å². The zero-order chi connectivity index (χ0) is 10.3. The Hall–Kier alpha value is -1.30. The summed E-state index contributed by atoms with van der Waals surface area (Å²) in [6.07, 6.45) is 0. The third kappa shape index (κ3) is 1.41. The van der Waals surface area contributed by atoms with Gasteiger partial charge >= 0.3 is 0 Å². The summed E-state index contributed by atoms with van der Waals surface area (Å²) in [6, 6.07) is 9.08. The maximum Gasteiger partial charge on any atom is -0.0152 e. The van der Waals surface area contributed by atoms with E-state index in [4.69, 9.17) is 0 Å². The Morgan fingerprint density at radius 1 is 0.643 bits per heavy atom. The molecule has 0 spiro atoms. The molecule has 0 heteroatoms. The average molecular weight is 184 g/mol. The van der Waals surface area contributed by atoms with E-state index in [9.17, 15) is 0 Å². The summed E-state index contributed by atoms with van der Waals surface area (Å²) in [5.74, 6) is 0. The zero-order valence-corrected chi connectivity index (χ0v) is 9.31. The molecule has 0 aliphatic heterocycles. The quantitative estimate of drug-likeness (QED) is 0.579. The van der Waals surface area contributed by atoms with E-state index >= 15 is 0 Å². The van der Waals surface area contributed by atoms with Crippen molar-refractivity contribution in [2.24, 2.45) is 0 Å². The van der Waals surface area contributed by atoms with E-state index in [1.807, 2.05) is 0 Å². The standard InChI is InChI=1S/C14H16/c1-9-5-12(4)14-8-11(3)10(2)7-13(14)6-9/h5-8H,1-4H3. The van der Waals surface area contributed by atoms with Crippen LogP contribution in [-0.4, -0.2) is 0 Å². The fourth-order valence-electron chi connectivity index (χ4n) is 2.01. The van der Waals surface area contributed by atoms with Crippen LogP contribution in [0.15, 0.2) is 24.3 Å². The van der Waals surface area contributed by atoms with Gasteiger partial charge in [0.15, 0.2) is 0 Å². The van der Waals surface area contributed by atoms with Crippen LogP contribution in [-0.2, 0) is 0 Å². The van der Waals surface area contributed by atoms with Crippen molar-refractivity contribution in [1.82, 2.24) is 0 Å². The van der Waals surface area contributed by atoms with Gasteiger partial charge in [-0.2, -0.15) is 0 Å². The zero-order valence-electron chi connectivity index (χ0n) is 9.31. The van der Waals surface area contributed by atoms with Crippen LogP contribution in [0.1, 0.15) is 22.3 Å². The SMILES string of the molecule is Cc1cc(C)c2cc(C)c(C)cc2c1. The number of hydrogen-bond acceptors (Lipinski definition) is 0. The monoisotopic (exact) mass is 184 g/mol. The predicted molar refractivity (Wildman–Crippen MR) is 62.9 cm³/mol. The lowest BCUT2D eigenvalue weighted by molar-refractivity contribution is 1.35. The number of hydrogen-bond donors (Lipinski definition) is 0. The highest BCUT2D eigenvalue weighted by molar-refractivity contribution is 5.87. The van der Waals surface area contributed by atoms with Crippen LogP contribution in [0.4, 0.5) is 0 Å². The molecule has 0 aliphatic rings. The molecule has 0 aromatic heterocycles. The smallest absolute Gasteiger partial charge is 0.0152 e. The molecule has 0 saturated carbocycles. The molecule has 0 unspecified atom stereocenters. The molecule has 14 heavy (non-hydrogen) atoms. The van der Waals surface area contributed by atoms with E-state index in [-0.39, 0.29) is 0 Å². The van der Waals surface area contributed by atoms with Crippen molar-refractivity contribution < 1.29 is 0 Å². The molecule has 0 N–H and O–H groups in total. The Morgan fingerprint density at radius 2 is 1.29 bits per heavy atom. The molecule has 0 amide bonds. The van der Waals surface area contributed by atoms with Gasteiger partial charge in [-0.3, -0.25) is 0 Å². The second kappa shape index (κ2) is 3.13. The van der Waals surface area contributed by atoms with Gasteiger partial charge in [-0.25, -0.2) is 0 Å². The Labute approximate surface area is 85.6 Å². The van der Waals surface area contributed by atoms with Gasteiger partial charge in [-0.15, -0.1) is 0 Å². The largest absolute Gasteiger partial charge is 0.0557 e. The summed E-state index contributed by atoms with van der Waals surface area (Å²) in [7, 11) is 0. The van der Waals surface area contributed by atoms with Gasteiger partial charge in [0.05, 0.1) is 0 Å². The predicted octanol–water partition coefficient (Wildman–Crippen LogP) is 4.07. The van der Waals surface area contributed by atoms with Crippen LogP contribution in [0, 0.1) is 27.7 Å². The van der Waals surface area contributed by atoms with Gasteiger partial charge < -0.3 is 0 Å². The van der Waals surface area contributed by atoms with Crippen LogP contribution in [0.5, 0.6) is 0 Å². The molecule has 72 valence electrons. The topological polar surface area (TPSA) is 0 Å². The van der Waals surface area contributed by atoms with Gasteiger partial charge in [-0.05, 0) is 55.2 Å². The van der Waals surface area contributed by atoms with Crippen LogP contribution in [0.3, 0.4) is 0 Å². The second-order valence-electron chi connectivity index (χ2n) is 4.24. The highest BCUT2D eigenvalue weighted by Crippen LogP contribution is 2.23. The number of aryl methyl sites for hydroxylation is 4. The van der Waals surface area contributed by atoms with E-state index in [1.165, 1.54) is 33.0 Å². The summed E-state index contributed by atoms with van der Waals surface area (Å²) in [5.41, 5.74) is 5.48. The molecule has 0 fully saturated rings. The second-order valence-corrected chi connectivity index (χ2v) is 4.24. The van der Waals surface area contributed by atoms with E-state index in [0.29, 0.717) is 0 Å². The minimum Gasteiger partial charge on any atom is -0.0557 e. The van der Waals surface area contributed by atoms with Crippen LogP contribution in [0.2, 0.25) is 0 Å². The fourth-order valence-corrected chi connectivity index (χ4v) is 2.01. The molecule has 0 radical (unpaired) electrons. The first kappa shape index (κ1) is 9.26. The van der Waals surface area contributed by atoms with Crippen LogP contribution in [0.25, 0.3) is 10.8 Å². The first-order chi connectivity index (χ1) is 6.58. The number of fused-ring (bicyclic) bond motifs is 1. The van der Waals surface area contributed by atoms with E-state index in [0.717, 1.165) is 0 Å². The number of rotatable bonds is 0. The van der Waals surface area contributed by atoms with Gasteiger partial charge in [-0.1, -0.05) is 29.8 Å². The van der Waals surface area contributed by atoms with Crippen molar-refractivity contribution in [3.05, 3.63) is 46.5 Å². The van der Waals surface area contributed by atoms with Crippen LogP contribution < -0.4 is 0 Å². The lowest BCUT2D eigenvalue weighted by Gasteiger charge is -2.07. The third-order valence-electron chi connectivity index (χ3n) is 2.92. The van der Waals surface area contributed by atoms with Crippen molar-refractivity contribution in [2.75, 3.05) is 0 Å². The van der Waals surface area contributed by atoms with Crippen molar-refractivity contribution in [3.63, 3.8) is 0 Å². The lowest BCUT2D eigenvalue weighted by Crippen LogP contribution is -1.86. The van der Waals surface area contributed by atoms with E-state index < -0.39 is 0 Å². The molecule has 0 bridgehead atoms. The molecule has 0 heterocycles. The van der Waals surface area contributed by atoms with Gasteiger partial charge in [0, 0.05) is 0 Å². The lowest BCUT2D eigenvalue weighted by atomic mass is 9.98. The molecule has 2 aromatic carbocycles. The first-order valence-corrected chi connectivity index (χ1v) is 5.06. The molecule has 2 rings (SSSR count). The molecule has 0 atom stereocenters. The molecular formula is C14H16. The van der Waals surface area contributed by atoms with Gasteiger partial charge in [0.2, 0.25) is 0 Å². The summed E-state index contributed by atoms with van der Waals surface area (Å²) >= 11 is 0. The minimum absolute atomic E-state index is 1.35.